The second-order valence-corrected chi connectivity index (χ2v) is 8.42. The molecule has 7 nitrogen and oxygen atoms in total. The SMILES string of the molecule is CCN1c2ccccc2C(=O)N(C)C1COc1ccc(CC2SC(=O)NC2=O)cc1. The van der Waals surface area contributed by atoms with Crippen molar-refractivity contribution in [1.82, 2.24) is 10.2 Å². The molecule has 2 aromatic carbocycles. The molecule has 1 N–H and O–H groups in total. The Morgan fingerprint density at radius 2 is 1.80 bits per heavy atom. The molecule has 156 valence electrons. The summed E-state index contributed by atoms with van der Waals surface area (Å²) >= 11 is 1.03. The number of fused-ring (bicyclic) bond motifs is 1. The zero-order chi connectivity index (χ0) is 21.3. The zero-order valence-corrected chi connectivity index (χ0v) is 17.6. The van der Waals surface area contributed by atoms with E-state index in [2.05, 4.69) is 17.1 Å². The lowest BCUT2D eigenvalue weighted by Gasteiger charge is -2.43. The molecule has 0 bridgehead atoms. The third-order valence-electron chi connectivity index (χ3n) is 5.42. The van der Waals surface area contributed by atoms with Crippen LogP contribution in [0, 0.1) is 0 Å². The number of carbonyl (C=O) groups excluding carboxylic acids is 3. The maximum absolute atomic E-state index is 12.7. The lowest BCUT2D eigenvalue weighted by atomic mass is 10.1. The largest absolute Gasteiger partial charge is 0.489 e. The van der Waals surface area contributed by atoms with Crippen molar-refractivity contribution in [2.24, 2.45) is 0 Å². The number of hydrogen-bond donors (Lipinski definition) is 1. The number of rotatable bonds is 6. The molecule has 4 rings (SSSR count). The highest BCUT2D eigenvalue weighted by molar-refractivity contribution is 8.15. The van der Waals surface area contributed by atoms with E-state index < -0.39 is 0 Å². The number of thioether (sulfide) groups is 1. The number of benzene rings is 2. The number of carbonyl (C=O) groups is 3. The molecule has 2 unspecified atom stereocenters. The summed E-state index contributed by atoms with van der Waals surface area (Å²) in [5.74, 6) is 0.436. The van der Waals surface area contributed by atoms with E-state index in [-0.39, 0.29) is 28.5 Å². The summed E-state index contributed by atoms with van der Waals surface area (Å²) in [5, 5.41) is 1.62. The Morgan fingerprint density at radius 1 is 1.07 bits per heavy atom. The predicted octanol–water partition coefficient (Wildman–Crippen LogP) is 2.90. The van der Waals surface area contributed by atoms with Crippen LogP contribution >= 0.6 is 11.8 Å². The minimum atomic E-state index is -0.385. The van der Waals surface area contributed by atoms with Gasteiger partial charge in [0.25, 0.3) is 11.1 Å². The highest BCUT2D eigenvalue weighted by Crippen LogP contribution is 2.30. The van der Waals surface area contributed by atoms with Crippen molar-refractivity contribution >= 4 is 34.5 Å². The molecule has 2 heterocycles. The molecule has 30 heavy (non-hydrogen) atoms. The van der Waals surface area contributed by atoms with Crippen LogP contribution in [-0.2, 0) is 11.2 Å². The standard InChI is InChI=1S/C22H23N3O4S/c1-3-25-17-7-5-4-6-16(17)21(27)24(2)19(25)13-29-15-10-8-14(9-11-15)12-18-20(26)23-22(28)30-18/h4-11,18-19H,3,12-13H2,1-2H3,(H,23,26,28). The van der Waals surface area contributed by atoms with E-state index in [0.29, 0.717) is 24.3 Å². The summed E-state index contributed by atoms with van der Waals surface area (Å²) in [6.45, 7) is 3.14. The molecule has 0 aromatic heterocycles. The summed E-state index contributed by atoms with van der Waals surface area (Å²) < 4.78 is 6.00. The van der Waals surface area contributed by atoms with Crippen molar-refractivity contribution in [3.8, 4) is 5.75 Å². The van der Waals surface area contributed by atoms with Crippen LogP contribution in [0.1, 0.15) is 22.8 Å². The van der Waals surface area contributed by atoms with Crippen molar-refractivity contribution in [1.29, 1.82) is 0 Å². The predicted molar refractivity (Wildman–Crippen MR) is 116 cm³/mol. The van der Waals surface area contributed by atoms with E-state index in [0.717, 1.165) is 29.6 Å². The van der Waals surface area contributed by atoms with Crippen molar-refractivity contribution in [3.05, 3.63) is 59.7 Å². The molecule has 2 aliphatic rings. The molecular weight excluding hydrogens is 402 g/mol. The fourth-order valence-corrected chi connectivity index (χ4v) is 4.68. The van der Waals surface area contributed by atoms with Crippen LogP contribution in [0.25, 0.3) is 0 Å². The number of imide groups is 1. The fourth-order valence-electron chi connectivity index (χ4n) is 3.82. The maximum atomic E-state index is 12.7. The lowest BCUT2D eigenvalue weighted by molar-refractivity contribution is -0.118. The molecule has 1 fully saturated rings. The highest BCUT2D eigenvalue weighted by Gasteiger charge is 2.35. The summed E-state index contributed by atoms with van der Waals surface area (Å²) in [4.78, 5) is 39.6. The van der Waals surface area contributed by atoms with Gasteiger partial charge in [-0.1, -0.05) is 36.0 Å². The number of amides is 3. The number of para-hydroxylation sites is 1. The van der Waals surface area contributed by atoms with E-state index >= 15 is 0 Å². The summed E-state index contributed by atoms with van der Waals surface area (Å²) in [7, 11) is 1.80. The first-order valence-electron chi connectivity index (χ1n) is 9.84. The molecule has 2 atom stereocenters. The van der Waals surface area contributed by atoms with Crippen LogP contribution < -0.4 is 15.0 Å². The average molecular weight is 426 g/mol. The molecule has 0 spiro atoms. The second kappa shape index (κ2) is 8.39. The van der Waals surface area contributed by atoms with Crippen molar-refractivity contribution in [3.63, 3.8) is 0 Å². The molecule has 0 radical (unpaired) electrons. The number of nitrogens with one attached hydrogen (secondary N) is 1. The Kier molecular flexibility index (Phi) is 5.67. The van der Waals surface area contributed by atoms with Gasteiger partial charge >= 0.3 is 0 Å². The Bertz CT molecular complexity index is 979. The van der Waals surface area contributed by atoms with Gasteiger partial charge in [0.2, 0.25) is 5.91 Å². The first-order chi connectivity index (χ1) is 14.5. The Hall–Kier alpha value is -3.00. The quantitative estimate of drug-likeness (QED) is 0.767. The van der Waals surface area contributed by atoms with E-state index in [9.17, 15) is 14.4 Å². The topological polar surface area (TPSA) is 79.0 Å². The van der Waals surface area contributed by atoms with Crippen LogP contribution in [0.15, 0.2) is 48.5 Å². The molecule has 2 aliphatic heterocycles. The molecule has 3 amide bonds. The molecule has 0 saturated carbocycles. The van der Waals surface area contributed by atoms with E-state index in [1.807, 2.05) is 48.5 Å². The van der Waals surface area contributed by atoms with Crippen LogP contribution in [-0.4, -0.2) is 53.6 Å². The molecule has 8 heteroatoms. The van der Waals surface area contributed by atoms with Gasteiger partial charge in [0.1, 0.15) is 18.5 Å². The Balaban J connectivity index is 1.42. The van der Waals surface area contributed by atoms with E-state index in [1.54, 1.807) is 11.9 Å². The van der Waals surface area contributed by atoms with Gasteiger partial charge in [-0.05, 0) is 43.2 Å². The third kappa shape index (κ3) is 3.87. The van der Waals surface area contributed by atoms with Gasteiger partial charge in [-0.15, -0.1) is 0 Å². The van der Waals surface area contributed by atoms with Crippen molar-refractivity contribution in [2.45, 2.75) is 24.8 Å². The number of nitrogens with zero attached hydrogens (tertiary/aromatic N) is 2. The number of anilines is 1. The minimum Gasteiger partial charge on any atom is -0.489 e. The lowest BCUT2D eigenvalue weighted by Crippen LogP contribution is -2.56. The smallest absolute Gasteiger partial charge is 0.286 e. The van der Waals surface area contributed by atoms with Gasteiger partial charge in [-0.3, -0.25) is 19.7 Å². The van der Waals surface area contributed by atoms with Crippen molar-refractivity contribution < 1.29 is 19.1 Å². The normalized spacial score (nSPS) is 20.9. The van der Waals surface area contributed by atoms with Crippen molar-refractivity contribution in [2.75, 3.05) is 25.1 Å². The Labute approximate surface area is 179 Å². The van der Waals surface area contributed by atoms with Crippen LogP contribution in [0.2, 0.25) is 0 Å². The summed E-state index contributed by atoms with van der Waals surface area (Å²) in [6, 6.07) is 15.1. The van der Waals surface area contributed by atoms with Crippen LogP contribution in [0.3, 0.4) is 0 Å². The number of hydrogen-bond acceptors (Lipinski definition) is 6. The second-order valence-electron chi connectivity index (χ2n) is 7.24. The maximum Gasteiger partial charge on any atom is 0.286 e. The first kappa shape index (κ1) is 20.3. The molecule has 1 saturated heterocycles. The number of likely N-dealkylation sites (N-methyl/N-ethyl adjacent to an activating group) is 2. The third-order valence-corrected chi connectivity index (χ3v) is 6.40. The van der Waals surface area contributed by atoms with Gasteiger partial charge in [0, 0.05) is 13.6 Å². The first-order valence-corrected chi connectivity index (χ1v) is 10.7. The summed E-state index contributed by atoms with van der Waals surface area (Å²) in [5.41, 5.74) is 2.59. The molecule has 0 aliphatic carbocycles. The van der Waals surface area contributed by atoms with Gasteiger partial charge < -0.3 is 14.5 Å². The monoisotopic (exact) mass is 425 g/mol. The zero-order valence-electron chi connectivity index (χ0n) is 16.8. The van der Waals surface area contributed by atoms with Gasteiger partial charge in [-0.2, -0.15) is 0 Å². The van der Waals surface area contributed by atoms with Gasteiger partial charge in [0.05, 0.1) is 16.5 Å². The Morgan fingerprint density at radius 3 is 2.47 bits per heavy atom. The number of ether oxygens (including phenoxy) is 1. The van der Waals surface area contributed by atoms with E-state index in [4.69, 9.17) is 4.74 Å². The fraction of sp³-hybridized carbons (Fsp3) is 0.318. The van der Waals surface area contributed by atoms with Gasteiger partial charge in [-0.25, -0.2) is 0 Å². The van der Waals surface area contributed by atoms with Gasteiger partial charge in [0.15, 0.2) is 0 Å². The average Bonchev–Trinajstić information content (AvgIpc) is 3.07. The summed E-state index contributed by atoms with van der Waals surface area (Å²) in [6.07, 6.45) is 0.282. The van der Waals surface area contributed by atoms with E-state index in [1.165, 1.54) is 0 Å². The minimum absolute atomic E-state index is 0.0128. The molecular formula is C22H23N3O4S. The van der Waals surface area contributed by atoms with Crippen LogP contribution in [0.4, 0.5) is 10.5 Å². The van der Waals surface area contributed by atoms with Crippen LogP contribution in [0.5, 0.6) is 5.75 Å². The highest BCUT2D eigenvalue weighted by atomic mass is 32.2. The molecule has 2 aromatic rings.